The Kier molecular flexibility index (Phi) is 11.1. The highest BCUT2D eigenvalue weighted by Gasteiger charge is 2.28. The molecule has 4 heterocycles. The van der Waals surface area contributed by atoms with Gasteiger partial charge in [0.25, 0.3) is 6.33 Å². The van der Waals surface area contributed by atoms with Gasteiger partial charge in [-0.15, -0.1) is 0 Å². The minimum atomic E-state index is -1.60. The van der Waals surface area contributed by atoms with E-state index in [0.717, 1.165) is 99.8 Å². The number of aromatic nitrogens is 4. The molecular weight excluding hydrogens is 973 g/mol. The molecule has 0 fully saturated rings. The highest BCUT2D eigenvalue weighted by Crippen LogP contribution is 2.47. The summed E-state index contributed by atoms with van der Waals surface area (Å²) >= 11 is 0. The number of ether oxygens (including phenoxy) is 1. The highest BCUT2D eigenvalue weighted by atomic mass is 16.5. The van der Waals surface area contributed by atoms with Gasteiger partial charge in [-0.05, 0) is 162 Å². The Hall–Kier alpha value is -9.58. The largest absolute Gasteiger partial charge is 0.458 e. The van der Waals surface area contributed by atoms with Gasteiger partial charge < -0.3 is 4.74 Å². The average Bonchev–Trinajstić information content (AvgIpc) is 3.13. The summed E-state index contributed by atoms with van der Waals surface area (Å²) < 4.78 is 31.8. The molecule has 1 aliphatic rings. The van der Waals surface area contributed by atoms with E-state index >= 15 is 0 Å². The minimum Gasteiger partial charge on any atom is -0.458 e. The maximum atomic E-state index is 9.14. The molecule has 5 nitrogen and oxygen atoms in total. The van der Waals surface area contributed by atoms with Crippen molar-refractivity contribution in [1.29, 1.82) is 0 Å². The van der Waals surface area contributed by atoms with Gasteiger partial charge in [-0.1, -0.05) is 205 Å². The molecule has 80 heavy (non-hydrogen) atoms. The summed E-state index contributed by atoms with van der Waals surface area (Å²) in [6.07, 6.45) is 4.15. The number of hydrogen-bond donors (Lipinski definition) is 0. The number of benzene rings is 10. The summed E-state index contributed by atoms with van der Waals surface area (Å²) in [5, 5.41) is 2.12. The van der Waals surface area contributed by atoms with Crippen molar-refractivity contribution >= 4 is 32.8 Å². The van der Waals surface area contributed by atoms with Gasteiger partial charge in [0.2, 0.25) is 0 Å². The molecule has 1 aliphatic heterocycles. The van der Waals surface area contributed by atoms with Crippen LogP contribution in [0, 0.1) is 11.7 Å². The van der Waals surface area contributed by atoms with Crippen LogP contribution in [0.5, 0.6) is 11.5 Å². The van der Waals surface area contributed by atoms with Crippen molar-refractivity contribution in [3.63, 3.8) is 0 Å². The van der Waals surface area contributed by atoms with Crippen LogP contribution in [-0.2, 0) is 11.8 Å². The van der Waals surface area contributed by atoms with Crippen LogP contribution in [0.2, 0.25) is 0 Å². The molecule has 0 spiro atoms. The monoisotopic (exact) mass is 1030 g/mol. The molecule has 0 atom stereocenters. The zero-order valence-corrected chi connectivity index (χ0v) is 45.8. The lowest BCUT2D eigenvalue weighted by molar-refractivity contribution is -0.570. The molecule has 0 unspecified atom stereocenters. The molecule has 0 bridgehead atoms. The fraction of sp³-hybridized carbons (Fsp3) is 0.120. The lowest BCUT2D eigenvalue weighted by Gasteiger charge is -2.24. The average molecular weight is 1040 g/mol. The molecular formula is C75H60N4O. The third-order valence-electron chi connectivity index (χ3n) is 15.5. The van der Waals surface area contributed by atoms with Crippen molar-refractivity contribution in [2.75, 3.05) is 0 Å². The SMILES string of the molecule is [2H]C([2H])(c1ccnc(-n2c3ccccc3c3ccc(Oc4cccc(-n5[c-][n+]6c7c(cccc75)-c5ccccc5-c5ccc(C(C)(C)C)cc5-c5cccc(-c7cc(-c8ccccc8)cc(-c8ccccc8)c7)c5-6)c4)cc32)c1)C(C)(C)C. The lowest BCUT2D eigenvalue weighted by Crippen LogP contribution is -2.32. The number of fused-ring (bicyclic) bond motifs is 10. The van der Waals surface area contributed by atoms with E-state index in [4.69, 9.17) is 12.5 Å². The van der Waals surface area contributed by atoms with Gasteiger partial charge >= 0.3 is 0 Å². The summed E-state index contributed by atoms with van der Waals surface area (Å²) in [7, 11) is 0. The molecule has 14 rings (SSSR count). The molecule has 0 amide bonds. The molecule has 13 aromatic rings. The third kappa shape index (κ3) is 8.67. The first-order chi connectivity index (χ1) is 39.7. The predicted octanol–water partition coefficient (Wildman–Crippen LogP) is 19.2. The minimum absolute atomic E-state index is 0.108. The molecule has 10 aromatic carbocycles. The zero-order valence-electron chi connectivity index (χ0n) is 47.8. The van der Waals surface area contributed by atoms with E-state index in [9.17, 15) is 0 Å². The van der Waals surface area contributed by atoms with E-state index in [1.807, 2.05) is 45.0 Å². The Labute approximate surface area is 471 Å². The first-order valence-corrected chi connectivity index (χ1v) is 27.6. The van der Waals surface area contributed by atoms with Gasteiger partial charge in [0.05, 0.1) is 33.4 Å². The van der Waals surface area contributed by atoms with Crippen molar-refractivity contribution in [1.82, 2.24) is 14.1 Å². The van der Waals surface area contributed by atoms with Crippen molar-refractivity contribution in [3.8, 4) is 95.5 Å². The van der Waals surface area contributed by atoms with Gasteiger partial charge in [-0.3, -0.25) is 13.7 Å². The van der Waals surface area contributed by atoms with Gasteiger partial charge in [0, 0.05) is 25.8 Å². The maximum Gasteiger partial charge on any atom is 0.269 e. The van der Waals surface area contributed by atoms with Crippen molar-refractivity contribution < 1.29 is 12.0 Å². The summed E-state index contributed by atoms with van der Waals surface area (Å²) in [5.41, 5.74) is 20.6. The summed E-state index contributed by atoms with van der Waals surface area (Å²) in [6.45, 7) is 12.7. The number of para-hydroxylation sites is 3. The second-order valence-corrected chi connectivity index (χ2v) is 23.1. The lowest BCUT2D eigenvalue weighted by atomic mass is 9.81. The van der Waals surface area contributed by atoms with E-state index < -0.39 is 11.8 Å². The van der Waals surface area contributed by atoms with Crippen LogP contribution in [-0.4, -0.2) is 14.1 Å². The van der Waals surface area contributed by atoms with Crippen LogP contribution < -0.4 is 9.30 Å². The van der Waals surface area contributed by atoms with E-state index in [1.54, 1.807) is 12.3 Å². The molecule has 3 aromatic heterocycles. The molecule has 0 aliphatic carbocycles. The zero-order chi connectivity index (χ0) is 56.1. The summed E-state index contributed by atoms with van der Waals surface area (Å²) in [4.78, 5) is 4.85. The first-order valence-electron chi connectivity index (χ1n) is 28.6. The number of nitrogens with zero attached hydrogens (tertiary/aromatic N) is 4. The fourth-order valence-electron chi connectivity index (χ4n) is 11.9. The van der Waals surface area contributed by atoms with Crippen molar-refractivity contribution in [2.24, 2.45) is 5.41 Å². The molecule has 0 saturated heterocycles. The highest BCUT2D eigenvalue weighted by molar-refractivity contribution is 6.09. The second-order valence-electron chi connectivity index (χ2n) is 23.1. The molecule has 0 radical (unpaired) electrons. The summed E-state index contributed by atoms with van der Waals surface area (Å²) in [6, 6.07) is 84.3. The van der Waals surface area contributed by atoms with Crippen molar-refractivity contribution in [2.45, 2.75) is 53.3 Å². The van der Waals surface area contributed by atoms with Gasteiger partial charge in [0.15, 0.2) is 0 Å². The Balaban J connectivity index is 0.971. The Morgan fingerprint density at radius 2 is 1.06 bits per heavy atom. The molecule has 0 saturated carbocycles. The van der Waals surface area contributed by atoms with Gasteiger partial charge in [0.1, 0.15) is 17.3 Å². The molecule has 5 heteroatoms. The number of imidazole rings is 1. The third-order valence-corrected chi connectivity index (χ3v) is 15.5. The summed E-state index contributed by atoms with van der Waals surface area (Å²) in [5.74, 6) is 1.97. The van der Waals surface area contributed by atoms with Gasteiger partial charge in [-0.2, -0.15) is 0 Å². The number of pyridine rings is 1. The van der Waals surface area contributed by atoms with Crippen LogP contribution in [0.4, 0.5) is 0 Å². The Bertz CT molecular complexity index is 4600. The number of hydrogen-bond acceptors (Lipinski definition) is 2. The smallest absolute Gasteiger partial charge is 0.269 e. The van der Waals surface area contributed by atoms with Crippen molar-refractivity contribution in [3.05, 3.63) is 260 Å². The van der Waals surface area contributed by atoms with Gasteiger partial charge in [-0.25, -0.2) is 4.98 Å². The first kappa shape index (κ1) is 46.5. The Morgan fingerprint density at radius 3 is 1.81 bits per heavy atom. The Morgan fingerprint density at radius 1 is 0.463 bits per heavy atom. The van der Waals surface area contributed by atoms with E-state index in [2.05, 4.69) is 247 Å². The fourth-order valence-corrected chi connectivity index (χ4v) is 11.9. The van der Waals surface area contributed by atoms with Crippen LogP contribution >= 0.6 is 0 Å². The second kappa shape index (κ2) is 19.1. The van der Waals surface area contributed by atoms with Crippen LogP contribution in [0.25, 0.3) is 117 Å². The predicted molar refractivity (Wildman–Crippen MR) is 330 cm³/mol. The van der Waals surface area contributed by atoms with E-state index in [0.29, 0.717) is 22.9 Å². The topological polar surface area (TPSA) is 35.9 Å². The van der Waals surface area contributed by atoms with Crippen LogP contribution in [0.15, 0.2) is 243 Å². The van der Waals surface area contributed by atoms with Crippen LogP contribution in [0.1, 0.15) is 55.4 Å². The van der Waals surface area contributed by atoms with Crippen LogP contribution in [0.3, 0.4) is 0 Å². The molecule has 386 valence electrons. The molecule has 0 N–H and O–H groups in total. The normalized spacial score (nSPS) is 12.7. The van der Waals surface area contributed by atoms with E-state index in [1.165, 1.54) is 16.7 Å². The quantitative estimate of drug-likeness (QED) is 0.112. The van der Waals surface area contributed by atoms with E-state index in [-0.39, 0.29) is 5.41 Å². The maximum absolute atomic E-state index is 9.14. The number of rotatable bonds is 8. The standard InChI is InChI=1S/C75H60N4O/c1-74(2,3)47-49-38-39-76-71(40-49)79-68-32-16-15-28-63(68)64-37-35-58(46-70(64)79)80-57-25-17-24-56(45-57)77-48-78-72-59(54-42-52(50-20-9-7-10-21-50)41-53(43-54)51-22-11-8-12-23-51)29-18-30-66(72)67-44-55(75(4,5)6)34-36-62(67)60-26-13-14-27-61(60)65-31-19-33-69(77)73(65)78/h7-46H,47H2,1-6H3/i47D2.